The first-order valence-corrected chi connectivity index (χ1v) is 11.1. The fraction of sp³-hybridized carbons (Fsp3) is 0.148. The van der Waals surface area contributed by atoms with Gasteiger partial charge in [-0.3, -0.25) is 24.0 Å². The minimum absolute atomic E-state index is 0.227. The summed E-state index contributed by atoms with van der Waals surface area (Å²) in [6.45, 7) is 1.31. The van der Waals surface area contributed by atoms with E-state index in [1.54, 1.807) is 61.5 Å². The zero-order valence-corrected chi connectivity index (χ0v) is 18.9. The Bertz CT molecular complexity index is 1270. The highest BCUT2D eigenvalue weighted by Crippen LogP contribution is 2.28. The fourth-order valence-corrected chi connectivity index (χ4v) is 3.75. The molecule has 8 nitrogen and oxygen atoms in total. The summed E-state index contributed by atoms with van der Waals surface area (Å²) in [6, 6.07) is 21.0. The monoisotopic (exact) mass is 470 g/mol. The molecule has 1 aliphatic rings. The van der Waals surface area contributed by atoms with Gasteiger partial charge in [-0.1, -0.05) is 49.4 Å². The second-order valence-corrected chi connectivity index (χ2v) is 7.84. The molecule has 1 N–H and O–H groups in total. The third-order valence-electron chi connectivity index (χ3n) is 5.57. The van der Waals surface area contributed by atoms with E-state index in [-0.39, 0.29) is 11.3 Å². The summed E-state index contributed by atoms with van der Waals surface area (Å²) >= 11 is 0. The van der Waals surface area contributed by atoms with Crippen LogP contribution in [0.1, 0.15) is 54.8 Å². The molecule has 1 aliphatic heterocycles. The van der Waals surface area contributed by atoms with Crippen molar-refractivity contribution >= 4 is 35.2 Å². The number of carbonyl (C=O) groups is 5. The van der Waals surface area contributed by atoms with Crippen molar-refractivity contribution < 1.29 is 28.7 Å². The molecule has 0 radical (unpaired) electrons. The van der Waals surface area contributed by atoms with E-state index >= 15 is 0 Å². The highest BCUT2D eigenvalue weighted by Gasteiger charge is 2.36. The van der Waals surface area contributed by atoms with Crippen molar-refractivity contribution in [1.82, 2.24) is 5.32 Å². The van der Waals surface area contributed by atoms with Crippen LogP contribution in [0.2, 0.25) is 0 Å². The van der Waals surface area contributed by atoms with Gasteiger partial charge in [0.15, 0.2) is 6.10 Å². The summed E-state index contributed by atoms with van der Waals surface area (Å²) in [4.78, 5) is 63.5. The van der Waals surface area contributed by atoms with Crippen molar-refractivity contribution in [3.05, 3.63) is 101 Å². The number of ether oxygens (including phenoxy) is 1. The van der Waals surface area contributed by atoms with Gasteiger partial charge in [-0.25, -0.2) is 4.90 Å². The predicted molar refractivity (Wildman–Crippen MR) is 127 cm³/mol. The Morgan fingerprint density at radius 2 is 1.37 bits per heavy atom. The van der Waals surface area contributed by atoms with Crippen LogP contribution in [0.15, 0.2) is 78.9 Å². The lowest BCUT2D eigenvalue weighted by atomic mass is 10.0. The number of Topliss-reactive ketones (excluding diaryl/α,β-unsaturated/α-hetero) is 1. The van der Waals surface area contributed by atoms with Crippen LogP contribution in [0.25, 0.3) is 0 Å². The van der Waals surface area contributed by atoms with E-state index in [9.17, 15) is 24.0 Å². The van der Waals surface area contributed by atoms with Crippen LogP contribution in [-0.4, -0.2) is 42.1 Å². The molecule has 4 rings (SSSR count). The highest BCUT2D eigenvalue weighted by atomic mass is 16.5. The standard InChI is InChI=1S/C27H22N2O6/c1-2-22(24(31)17-8-4-3-5-9-17)35-23(30)16-28-25(32)18-12-14-19(15-13-18)29-26(33)20-10-6-7-11-21(20)27(29)34/h3-15,22H,2,16H2,1H3,(H,28,32). The summed E-state index contributed by atoms with van der Waals surface area (Å²) in [5.41, 5.74) is 1.65. The van der Waals surface area contributed by atoms with Gasteiger partial charge < -0.3 is 10.1 Å². The number of fused-ring (bicyclic) bond motifs is 1. The number of imide groups is 1. The number of nitrogens with one attached hydrogen (secondary N) is 1. The van der Waals surface area contributed by atoms with Gasteiger partial charge in [0, 0.05) is 11.1 Å². The molecule has 0 aromatic heterocycles. The van der Waals surface area contributed by atoms with E-state index in [1.165, 1.54) is 24.3 Å². The maximum absolute atomic E-state index is 12.6. The van der Waals surface area contributed by atoms with Crippen molar-refractivity contribution in [3.8, 4) is 0 Å². The lowest BCUT2D eigenvalue weighted by molar-refractivity contribution is -0.145. The molecule has 3 aromatic carbocycles. The first kappa shape index (κ1) is 23.6. The Hall–Kier alpha value is -4.59. The number of esters is 1. The largest absolute Gasteiger partial charge is 0.453 e. The smallest absolute Gasteiger partial charge is 0.326 e. The molecular formula is C27H22N2O6. The minimum Gasteiger partial charge on any atom is -0.453 e. The molecule has 3 amide bonds. The van der Waals surface area contributed by atoms with Crippen LogP contribution in [-0.2, 0) is 9.53 Å². The molecule has 8 heteroatoms. The molecule has 0 bridgehead atoms. The molecule has 0 aliphatic carbocycles. The second kappa shape index (κ2) is 10.1. The molecule has 0 saturated heterocycles. The fourth-order valence-electron chi connectivity index (χ4n) is 3.75. The van der Waals surface area contributed by atoms with Gasteiger partial charge in [0.25, 0.3) is 17.7 Å². The van der Waals surface area contributed by atoms with Crippen LogP contribution in [0.3, 0.4) is 0 Å². The number of ketones is 1. The summed E-state index contributed by atoms with van der Waals surface area (Å²) in [6.07, 6.45) is -0.645. The third kappa shape index (κ3) is 4.86. The van der Waals surface area contributed by atoms with Gasteiger partial charge in [-0.05, 0) is 42.8 Å². The first-order chi connectivity index (χ1) is 16.9. The average molecular weight is 470 g/mol. The molecule has 3 aromatic rings. The zero-order valence-electron chi connectivity index (χ0n) is 18.9. The quantitative estimate of drug-likeness (QED) is 0.307. The Labute approximate surface area is 201 Å². The second-order valence-electron chi connectivity index (χ2n) is 7.84. The van der Waals surface area contributed by atoms with E-state index in [4.69, 9.17) is 4.74 Å². The SMILES string of the molecule is CCC(OC(=O)CNC(=O)c1ccc(N2C(=O)c3ccccc3C2=O)cc1)C(=O)c1ccccc1. The molecular weight excluding hydrogens is 448 g/mol. The number of amides is 3. The van der Waals surface area contributed by atoms with Gasteiger partial charge in [-0.2, -0.15) is 0 Å². The molecule has 0 fully saturated rings. The summed E-state index contributed by atoms with van der Waals surface area (Å²) in [5, 5.41) is 2.46. The Morgan fingerprint density at radius 1 is 0.800 bits per heavy atom. The van der Waals surface area contributed by atoms with Crippen molar-refractivity contribution in [2.24, 2.45) is 0 Å². The average Bonchev–Trinajstić information content (AvgIpc) is 3.15. The van der Waals surface area contributed by atoms with E-state index < -0.39 is 36.3 Å². The number of nitrogens with zero attached hydrogens (tertiary/aromatic N) is 1. The first-order valence-electron chi connectivity index (χ1n) is 11.1. The summed E-state index contributed by atoms with van der Waals surface area (Å²) in [7, 11) is 0. The number of hydrogen-bond donors (Lipinski definition) is 1. The third-order valence-corrected chi connectivity index (χ3v) is 5.57. The van der Waals surface area contributed by atoms with Gasteiger partial charge in [-0.15, -0.1) is 0 Å². The number of benzene rings is 3. The predicted octanol–water partition coefficient (Wildman–Crippen LogP) is 3.42. The van der Waals surface area contributed by atoms with Crippen molar-refractivity contribution in [1.29, 1.82) is 0 Å². The summed E-state index contributed by atoms with van der Waals surface area (Å²) < 4.78 is 5.26. The van der Waals surface area contributed by atoms with Gasteiger partial charge in [0.1, 0.15) is 6.54 Å². The minimum atomic E-state index is -0.944. The molecule has 0 spiro atoms. The molecule has 176 valence electrons. The van der Waals surface area contributed by atoms with E-state index in [0.29, 0.717) is 28.8 Å². The number of hydrogen-bond acceptors (Lipinski definition) is 6. The van der Waals surface area contributed by atoms with Crippen molar-refractivity contribution in [3.63, 3.8) is 0 Å². The van der Waals surface area contributed by atoms with Crippen LogP contribution >= 0.6 is 0 Å². The topological polar surface area (TPSA) is 110 Å². The number of rotatable bonds is 8. The Kier molecular flexibility index (Phi) is 6.82. The normalized spacial score (nSPS) is 13.2. The Morgan fingerprint density at radius 3 is 1.94 bits per heavy atom. The van der Waals surface area contributed by atoms with Crippen LogP contribution < -0.4 is 10.2 Å². The summed E-state index contributed by atoms with van der Waals surface area (Å²) in [5.74, 6) is -2.45. The van der Waals surface area contributed by atoms with Crippen molar-refractivity contribution in [2.75, 3.05) is 11.4 Å². The lowest BCUT2D eigenvalue weighted by Crippen LogP contribution is -2.35. The number of carbonyl (C=O) groups excluding carboxylic acids is 5. The maximum Gasteiger partial charge on any atom is 0.326 e. The van der Waals surface area contributed by atoms with Crippen LogP contribution in [0, 0.1) is 0 Å². The molecule has 1 atom stereocenters. The van der Waals surface area contributed by atoms with Crippen LogP contribution in [0.4, 0.5) is 5.69 Å². The maximum atomic E-state index is 12.6. The molecule has 35 heavy (non-hydrogen) atoms. The van der Waals surface area contributed by atoms with E-state index in [2.05, 4.69) is 5.32 Å². The van der Waals surface area contributed by atoms with E-state index in [0.717, 1.165) is 4.90 Å². The van der Waals surface area contributed by atoms with E-state index in [1.807, 2.05) is 0 Å². The van der Waals surface area contributed by atoms with Crippen LogP contribution in [0.5, 0.6) is 0 Å². The van der Waals surface area contributed by atoms with Gasteiger partial charge >= 0.3 is 5.97 Å². The number of anilines is 1. The van der Waals surface area contributed by atoms with Crippen molar-refractivity contribution in [2.45, 2.75) is 19.4 Å². The molecule has 1 unspecified atom stereocenters. The van der Waals surface area contributed by atoms with Gasteiger partial charge in [0.05, 0.1) is 16.8 Å². The van der Waals surface area contributed by atoms with Gasteiger partial charge in [0.2, 0.25) is 5.78 Å². The molecule has 1 heterocycles. The zero-order chi connectivity index (χ0) is 24.9. The Balaban J connectivity index is 1.34. The highest BCUT2D eigenvalue weighted by molar-refractivity contribution is 6.34. The molecule has 0 saturated carbocycles. The lowest BCUT2D eigenvalue weighted by Gasteiger charge is -2.16.